The highest BCUT2D eigenvalue weighted by Gasteiger charge is 2.23. The summed E-state index contributed by atoms with van der Waals surface area (Å²) >= 11 is 1.84. The molecule has 0 aliphatic heterocycles. The monoisotopic (exact) mass is 1300 g/mol. The lowest BCUT2D eigenvalue weighted by atomic mass is 9.96. The quantitative estimate of drug-likeness (QED) is 0.135. The zero-order valence-corrected chi connectivity index (χ0v) is 54.6. The van der Waals surface area contributed by atoms with E-state index in [0.717, 1.165) is 127 Å². The zero-order chi connectivity index (χ0) is 66.0. The number of hydrogen-bond donors (Lipinski definition) is 0. The molecule has 0 saturated carbocycles. The normalized spacial score (nSPS) is 11.6. The van der Waals surface area contributed by atoms with Crippen molar-refractivity contribution in [1.82, 2.24) is 19.9 Å². The van der Waals surface area contributed by atoms with E-state index in [4.69, 9.17) is 33.2 Å². The third-order valence-electron chi connectivity index (χ3n) is 19.0. The van der Waals surface area contributed by atoms with Crippen molar-refractivity contribution in [2.24, 2.45) is 0 Å². The molecule has 0 unspecified atom stereocenters. The van der Waals surface area contributed by atoms with Gasteiger partial charge < -0.3 is 13.3 Å². The number of nitrogens with zero attached hydrogens (tertiary/aromatic N) is 4. The molecule has 0 aliphatic carbocycles. The molecule has 0 aliphatic rings. The Balaban J connectivity index is 0.000000139. The van der Waals surface area contributed by atoms with Crippen LogP contribution in [0.15, 0.2) is 353 Å². The Morgan fingerprint density at radius 3 is 1.08 bits per heavy atom. The topological polar surface area (TPSA) is 91.0 Å². The molecular weight excluding hydrogens is 1240 g/mol. The summed E-state index contributed by atoms with van der Waals surface area (Å²) in [6.45, 7) is 0. The average molecular weight is 1300 g/mol. The summed E-state index contributed by atoms with van der Waals surface area (Å²) in [4.78, 5) is 20.7. The van der Waals surface area contributed by atoms with E-state index in [1.165, 1.54) is 48.0 Å². The Morgan fingerprint density at radius 2 is 0.560 bits per heavy atom. The van der Waals surface area contributed by atoms with E-state index >= 15 is 0 Å². The lowest BCUT2D eigenvalue weighted by molar-refractivity contribution is 0.653. The highest BCUT2D eigenvalue weighted by atomic mass is 32.1. The second-order valence-corrected chi connectivity index (χ2v) is 26.2. The first-order chi connectivity index (χ1) is 49.5. The van der Waals surface area contributed by atoms with Crippen LogP contribution in [0.5, 0.6) is 0 Å². The molecular formula is C92H56N4O3S. The zero-order valence-electron chi connectivity index (χ0n) is 53.8. The average Bonchev–Trinajstić information content (AvgIpc) is 1.58. The van der Waals surface area contributed by atoms with E-state index in [-0.39, 0.29) is 0 Å². The van der Waals surface area contributed by atoms with Crippen LogP contribution in [0.4, 0.5) is 0 Å². The highest BCUT2D eigenvalue weighted by Crippen LogP contribution is 2.45. The van der Waals surface area contributed by atoms with Crippen LogP contribution < -0.4 is 0 Å². The molecule has 20 rings (SSSR count). The maximum atomic E-state index is 6.41. The van der Waals surface area contributed by atoms with E-state index in [1.807, 2.05) is 72.0 Å². The molecule has 0 N–H and O–H groups in total. The summed E-state index contributed by atoms with van der Waals surface area (Å²) in [6, 6.07) is 118. The summed E-state index contributed by atoms with van der Waals surface area (Å²) < 4.78 is 21.8. The van der Waals surface area contributed by atoms with Gasteiger partial charge in [0.1, 0.15) is 22.3 Å². The summed E-state index contributed by atoms with van der Waals surface area (Å²) in [5.41, 5.74) is 23.7. The van der Waals surface area contributed by atoms with Crippen molar-refractivity contribution < 1.29 is 13.3 Å². The molecule has 6 aromatic heterocycles. The van der Waals surface area contributed by atoms with Crippen molar-refractivity contribution in [3.63, 3.8) is 0 Å². The van der Waals surface area contributed by atoms with E-state index in [1.54, 1.807) is 0 Å². The fourth-order valence-electron chi connectivity index (χ4n) is 14.2. The minimum Gasteiger partial charge on any atom is -0.455 e. The third kappa shape index (κ3) is 10.5. The number of thiophene rings is 1. The maximum absolute atomic E-state index is 6.41. The molecule has 20 aromatic rings. The van der Waals surface area contributed by atoms with Gasteiger partial charge in [-0.15, -0.1) is 11.3 Å². The largest absolute Gasteiger partial charge is 0.455 e. The van der Waals surface area contributed by atoms with E-state index in [9.17, 15) is 0 Å². The number of hydrogen-bond acceptors (Lipinski definition) is 8. The molecule has 7 nitrogen and oxygen atoms in total. The fraction of sp³-hybridized carbons (Fsp3) is 0. The minimum atomic E-state index is 0.562. The summed E-state index contributed by atoms with van der Waals surface area (Å²) in [6.07, 6.45) is 0. The SMILES string of the molecule is c1ccc(-c2cccc(-c3cccc(-c4nc(-c5cccc(-c6cccc7c6oc6ccccc67)c5)nc5oc6ccccc6c45)c3)c2)cc1.c1ccc(-c2cccc(-c3cccc(-c4nc(-c5cccc(-c6cccc7c6sc6ccccc67)c5)nc5oc6ccccc6c45)c3)c2)cc1. The molecule has 8 heteroatoms. The predicted octanol–water partition coefficient (Wildman–Crippen LogP) is 25.7. The number of furan rings is 3. The number of rotatable bonds is 10. The fourth-order valence-corrected chi connectivity index (χ4v) is 15.5. The van der Waals surface area contributed by atoms with Gasteiger partial charge in [0.2, 0.25) is 11.4 Å². The summed E-state index contributed by atoms with van der Waals surface area (Å²) in [5.74, 6) is 1.23. The van der Waals surface area contributed by atoms with Crippen LogP contribution in [0.1, 0.15) is 0 Å². The maximum Gasteiger partial charge on any atom is 0.231 e. The molecule has 0 bridgehead atoms. The first-order valence-corrected chi connectivity index (χ1v) is 34.3. The molecule has 6 heterocycles. The predicted molar refractivity (Wildman–Crippen MR) is 413 cm³/mol. The lowest BCUT2D eigenvalue weighted by Gasteiger charge is -2.11. The van der Waals surface area contributed by atoms with Gasteiger partial charge in [-0.1, -0.05) is 279 Å². The second kappa shape index (κ2) is 24.5. The molecule has 0 saturated heterocycles. The molecule has 468 valence electrons. The van der Waals surface area contributed by atoms with Gasteiger partial charge in [0.05, 0.1) is 22.2 Å². The van der Waals surface area contributed by atoms with E-state index in [0.29, 0.717) is 23.1 Å². The van der Waals surface area contributed by atoms with Gasteiger partial charge in [0.15, 0.2) is 11.6 Å². The van der Waals surface area contributed by atoms with Gasteiger partial charge in [0.25, 0.3) is 0 Å². The molecule has 100 heavy (non-hydrogen) atoms. The first kappa shape index (κ1) is 58.2. The van der Waals surface area contributed by atoms with E-state index < -0.39 is 0 Å². The van der Waals surface area contributed by atoms with Gasteiger partial charge in [0, 0.05) is 69.5 Å². The van der Waals surface area contributed by atoms with Gasteiger partial charge in [-0.05, 0) is 122 Å². The van der Waals surface area contributed by atoms with Crippen molar-refractivity contribution in [3.8, 4) is 112 Å². The number of aromatic nitrogens is 4. The van der Waals surface area contributed by atoms with Gasteiger partial charge in [-0.3, -0.25) is 0 Å². The van der Waals surface area contributed by atoms with Crippen LogP contribution in [0.2, 0.25) is 0 Å². The Labute approximate surface area is 578 Å². The second-order valence-electron chi connectivity index (χ2n) is 25.1. The minimum absolute atomic E-state index is 0.562. The summed E-state index contributed by atoms with van der Waals surface area (Å²) in [5, 5.41) is 8.61. The lowest BCUT2D eigenvalue weighted by Crippen LogP contribution is -1.94. The Morgan fingerprint density at radius 1 is 0.220 bits per heavy atom. The standard InChI is InChI=1S/C46H28N2O2.C46H28N2OS/c1-2-12-29(13-3-1)30-14-8-15-31(26-30)32-16-9-18-34(27-32)43-42-39-21-5-7-25-41(39)50-46(42)48-45(47-43)35-19-10-17-33(28-35)36-22-11-23-38-37-20-4-6-24-40(37)49-44(36)38;1-2-12-29(13-3-1)30-14-8-15-31(26-30)32-16-9-18-34(27-32)43-42-39-21-4-6-24-40(39)49-46(42)48-45(47-43)35-19-10-17-33(28-35)36-22-11-23-38-37-20-5-7-25-41(37)50-44(36)38/h2*1-28H. The van der Waals surface area contributed by atoms with Gasteiger partial charge in [-0.25, -0.2) is 9.97 Å². The van der Waals surface area contributed by atoms with Crippen molar-refractivity contribution in [1.29, 1.82) is 0 Å². The van der Waals surface area contributed by atoms with E-state index in [2.05, 4.69) is 279 Å². The van der Waals surface area contributed by atoms with Crippen LogP contribution in [-0.4, -0.2) is 19.9 Å². The van der Waals surface area contributed by atoms with Gasteiger partial charge >= 0.3 is 0 Å². The third-order valence-corrected chi connectivity index (χ3v) is 20.2. The molecule has 0 fully saturated rings. The summed E-state index contributed by atoms with van der Waals surface area (Å²) in [7, 11) is 0. The molecule has 0 atom stereocenters. The van der Waals surface area contributed by atoms with Crippen molar-refractivity contribution >= 4 is 97.6 Å². The van der Waals surface area contributed by atoms with Crippen LogP contribution in [0, 0.1) is 0 Å². The smallest absolute Gasteiger partial charge is 0.231 e. The first-order valence-electron chi connectivity index (χ1n) is 33.5. The molecule has 0 amide bonds. The number of benzene rings is 14. The van der Waals surface area contributed by atoms with Crippen molar-refractivity contribution in [3.05, 3.63) is 340 Å². The Kier molecular flexibility index (Phi) is 14.3. The number of fused-ring (bicyclic) bond motifs is 12. The molecule has 0 spiro atoms. The van der Waals surface area contributed by atoms with Crippen LogP contribution in [0.3, 0.4) is 0 Å². The highest BCUT2D eigenvalue weighted by molar-refractivity contribution is 7.26. The Hall–Kier alpha value is -13.1. The van der Waals surface area contributed by atoms with Crippen LogP contribution in [-0.2, 0) is 0 Å². The van der Waals surface area contributed by atoms with Crippen molar-refractivity contribution in [2.75, 3.05) is 0 Å². The Bertz CT molecular complexity index is 6160. The van der Waals surface area contributed by atoms with Crippen LogP contribution >= 0.6 is 11.3 Å². The van der Waals surface area contributed by atoms with Crippen molar-refractivity contribution in [2.45, 2.75) is 0 Å². The van der Waals surface area contributed by atoms with Crippen LogP contribution in [0.25, 0.3) is 198 Å². The van der Waals surface area contributed by atoms with Gasteiger partial charge in [-0.2, -0.15) is 9.97 Å². The molecule has 14 aromatic carbocycles. The number of para-hydroxylation sites is 4. The molecule has 0 radical (unpaired) electrons.